The van der Waals surface area contributed by atoms with Crippen molar-refractivity contribution in [2.45, 2.75) is 59.5 Å². The van der Waals surface area contributed by atoms with Gasteiger partial charge in [0, 0.05) is 12.1 Å². The van der Waals surface area contributed by atoms with E-state index in [2.05, 4.69) is 39.9 Å². The first kappa shape index (κ1) is 14.4. The Morgan fingerprint density at radius 2 is 1.50 bits per heavy atom. The topological polar surface area (TPSA) is 38.0 Å². The van der Waals surface area contributed by atoms with E-state index in [1.54, 1.807) is 0 Å². The van der Waals surface area contributed by atoms with Crippen molar-refractivity contribution in [3.8, 4) is 0 Å². The molecule has 0 aliphatic carbocycles. The van der Waals surface area contributed by atoms with Gasteiger partial charge in [-0.2, -0.15) is 0 Å². The first-order chi connectivity index (χ1) is 5.54. The van der Waals surface area contributed by atoms with Crippen molar-refractivity contribution in [2.24, 2.45) is 5.73 Å². The van der Waals surface area contributed by atoms with Crippen LogP contribution in [0.5, 0.6) is 0 Å². The second-order valence-corrected chi connectivity index (χ2v) is 3.62. The third-order valence-electron chi connectivity index (χ3n) is 1.22. The minimum Gasteiger partial charge on any atom is -0.330 e. The normalized spacial score (nSPS) is 10.0. The third-order valence-corrected chi connectivity index (χ3v) is 1.22. The Hall–Kier alpha value is -0.0800. The molecule has 0 aliphatic heterocycles. The molecule has 0 fully saturated rings. The van der Waals surface area contributed by atoms with Gasteiger partial charge in [0.15, 0.2) is 0 Å². The number of unbranched alkanes of at least 4 members (excludes halogenated alkanes) is 1. The predicted molar refractivity (Wildman–Crippen MR) is 57.4 cm³/mol. The first-order valence-corrected chi connectivity index (χ1v) is 5.00. The molecule has 0 saturated heterocycles. The Morgan fingerprint density at radius 1 is 1.08 bits per heavy atom. The summed E-state index contributed by atoms with van der Waals surface area (Å²) in [7, 11) is 0. The molecule has 0 aromatic carbocycles. The number of hydrogen-bond donors (Lipinski definition) is 2. The van der Waals surface area contributed by atoms with Gasteiger partial charge in [0.2, 0.25) is 0 Å². The van der Waals surface area contributed by atoms with Crippen LogP contribution in [0.25, 0.3) is 0 Å². The lowest BCUT2D eigenvalue weighted by Crippen LogP contribution is -2.29. The molecule has 0 heterocycles. The van der Waals surface area contributed by atoms with Gasteiger partial charge in [-0.05, 0) is 13.0 Å². The van der Waals surface area contributed by atoms with E-state index >= 15 is 0 Å². The SMILES string of the molecule is CC(C)NC(C)C.CCCCN. The average Bonchev–Trinajstić information content (AvgIpc) is 1.87. The number of nitrogens with two attached hydrogens (primary N) is 1. The lowest BCUT2D eigenvalue weighted by molar-refractivity contribution is 0.518. The van der Waals surface area contributed by atoms with Crippen LogP contribution in [0, 0.1) is 0 Å². The van der Waals surface area contributed by atoms with E-state index in [-0.39, 0.29) is 0 Å². The molecule has 2 heteroatoms. The minimum atomic E-state index is 0.625. The van der Waals surface area contributed by atoms with E-state index in [1.807, 2.05) is 0 Å². The van der Waals surface area contributed by atoms with Crippen LogP contribution < -0.4 is 11.1 Å². The van der Waals surface area contributed by atoms with Crippen LogP contribution in [-0.2, 0) is 0 Å². The molecule has 0 rings (SSSR count). The van der Waals surface area contributed by atoms with Crippen molar-refractivity contribution < 1.29 is 0 Å². The molecule has 0 aromatic rings. The molecular formula is C10H26N2. The van der Waals surface area contributed by atoms with Crippen molar-refractivity contribution >= 4 is 0 Å². The third kappa shape index (κ3) is 22.5. The van der Waals surface area contributed by atoms with Crippen LogP contribution in [0.1, 0.15) is 47.5 Å². The minimum absolute atomic E-state index is 0.625. The van der Waals surface area contributed by atoms with Gasteiger partial charge < -0.3 is 11.1 Å². The van der Waals surface area contributed by atoms with Gasteiger partial charge in [0.05, 0.1) is 0 Å². The van der Waals surface area contributed by atoms with Crippen molar-refractivity contribution in [3.63, 3.8) is 0 Å². The highest BCUT2D eigenvalue weighted by Crippen LogP contribution is 1.80. The van der Waals surface area contributed by atoms with Crippen molar-refractivity contribution in [2.75, 3.05) is 6.54 Å². The Bertz CT molecular complexity index is 62.2. The van der Waals surface area contributed by atoms with E-state index in [1.165, 1.54) is 12.8 Å². The van der Waals surface area contributed by atoms with Gasteiger partial charge in [-0.1, -0.05) is 41.0 Å². The molecule has 12 heavy (non-hydrogen) atoms. The molecule has 0 radical (unpaired) electrons. The van der Waals surface area contributed by atoms with Crippen LogP contribution in [0.3, 0.4) is 0 Å². The zero-order valence-electron chi connectivity index (χ0n) is 9.35. The van der Waals surface area contributed by atoms with E-state index in [9.17, 15) is 0 Å². The molecule has 0 amide bonds. The second kappa shape index (κ2) is 10.9. The van der Waals surface area contributed by atoms with Gasteiger partial charge in [-0.15, -0.1) is 0 Å². The van der Waals surface area contributed by atoms with E-state index in [4.69, 9.17) is 5.73 Å². The Labute approximate surface area is 77.9 Å². The maximum Gasteiger partial charge on any atom is 0.00127 e. The molecular weight excluding hydrogens is 148 g/mol. The molecule has 0 bridgehead atoms. The molecule has 0 aromatic heterocycles. The van der Waals surface area contributed by atoms with Crippen molar-refractivity contribution in [1.29, 1.82) is 0 Å². The monoisotopic (exact) mass is 174 g/mol. The number of hydrogen-bond acceptors (Lipinski definition) is 2. The zero-order chi connectivity index (χ0) is 9.98. The van der Waals surface area contributed by atoms with E-state index in [0.29, 0.717) is 12.1 Å². The molecule has 76 valence electrons. The smallest absolute Gasteiger partial charge is 0.00127 e. The summed E-state index contributed by atoms with van der Waals surface area (Å²) in [4.78, 5) is 0. The highest BCUT2D eigenvalue weighted by atomic mass is 14.9. The zero-order valence-corrected chi connectivity index (χ0v) is 9.35. The summed E-state index contributed by atoms with van der Waals surface area (Å²) in [5.74, 6) is 0. The van der Waals surface area contributed by atoms with Crippen molar-refractivity contribution in [3.05, 3.63) is 0 Å². The molecule has 0 saturated carbocycles. The Morgan fingerprint density at radius 3 is 1.50 bits per heavy atom. The fourth-order valence-corrected chi connectivity index (χ4v) is 0.871. The summed E-state index contributed by atoms with van der Waals surface area (Å²) in [5.41, 5.74) is 5.14. The molecule has 0 atom stereocenters. The standard InChI is InChI=1S/C6H15N.C4H11N/c1-5(2)7-6(3)4;1-2-3-4-5/h5-7H,1-4H3;2-5H2,1H3. The first-order valence-electron chi connectivity index (χ1n) is 5.00. The van der Waals surface area contributed by atoms with Crippen molar-refractivity contribution in [1.82, 2.24) is 5.32 Å². The largest absolute Gasteiger partial charge is 0.330 e. The van der Waals surface area contributed by atoms with Crippen LogP contribution in [0.15, 0.2) is 0 Å². The summed E-state index contributed by atoms with van der Waals surface area (Å²) in [6.45, 7) is 11.6. The van der Waals surface area contributed by atoms with Gasteiger partial charge in [0.25, 0.3) is 0 Å². The fraction of sp³-hybridized carbons (Fsp3) is 1.00. The van der Waals surface area contributed by atoms with Gasteiger partial charge in [-0.25, -0.2) is 0 Å². The van der Waals surface area contributed by atoms with Crippen LogP contribution >= 0.6 is 0 Å². The maximum absolute atomic E-state index is 5.14. The van der Waals surface area contributed by atoms with Crippen LogP contribution in [0.4, 0.5) is 0 Å². The molecule has 3 N–H and O–H groups in total. The molecule has 2 nitrogen and oxygen atoms in total. The number of nitrogens with one attached hydrogen (secondary N) is 1. The van der Waals surface area contributed by atoms with Gasteiger partial charge in [0.1, 0.15) is 0 Å². The highest BCUT2D eigenvalue weighted by molar-refractivity contribution is 4.55. The number of rotatable bonds is 4. The lowest BCUT2D eigenvalue weighted by Gasteiger charge is -2.10. The Balaban J connectivity index is 0. The maximum atomic E-state index is 5.14. The Kier molecular flexibility index (Phi) is 13.1. The van der Waals surface area contributed by atoms with Gasteiger partial charge in [-0.3, -0.25) is 0 Å². The summed E-state index contributed by atoms with van der Waals surface area (Å²) < 4.78 is 0. The van der Waals surface area contributed by atoms with Crippen LogP contribution in [-0.4, -0.2) is 18.6 Å². The summed E-state index contributed by atoms with van der Waals surface area (Å²) in [6, 6.07) is 1.25. The molecule has 0 spiro atoms. The summed E-state index contributed by atoms with van der Waals surface area (Å²) in [6.07, 6.45) is 2.39. The average molecular weight is 174 g/mol. The molecule has 0 unspecified atom stereocenters. The van der Waals surface area contributed by atoms with Gasteiger partial charge >= 0.3 is 0 Å². The van der Waals surface area contributed by atoms with Crippen LogP contribution in [0.2, 0.25) is 0 Å². The quantitative estimate of drug-likeness (QED) is 0.685. The summed E-state index contributed by atoms with van der Waals surface area (Å²) >= 11 is 0. The van der Waals surface area contributed by atoms with E-state index in [0.717, 1.165) is 6.54 Å². The molecule has 0 aliphatic rings. The fourth-order valence-electron chi connectivity index (χ4n) is 0.871. The van der Waals surface area contributed by atoms with E-state index < -0.39 is 0 Å². The lowest BCUT2D eigenvalue weighted by atomic mass is 10.3. The summed E-state index contributed by atoms with van der Waals surface area (Å²) in [5, 5.41) is 3.31. The highest BCUT2D eigenvalue weighted by Gasteiger charge is 1.92. The second-order valence-electron chi connectivity index (χ2n) is 3.62. The predicted octanol–water partition coefficient (Wildman–Crippen LogP) is 2.14.